The van der Waals surface area contributed by atoms with Gasteiger partial charge in [-0.05, 0) is 31.2 Å². The van der Waals surface area contributed by atoms with Gasteiger partial charge in [-0.1, -0.05) is 0 Å². The Labute approximate surface area is 77.0 Å². The molecule has 0 radical (unpaired) electrons. The van der Waals surface area contributed by atoms with E-state index < -0.39 is 0 Å². The van der Waals surface area contributed by atoms with Crippen LogP contribution in [0.3, 0.4) is 0 Å². The van der Waals surface area contributed by atoms with Gasteiger partial charge in [-0.15, -0.1) is 0 Å². The molecule has 0 aromatic heterocycles. The van der Waals surface area contributed by atoms with Crippen molar-refractivity contribution in [2.75, 3.05) is 6.54 Å². The van der Waals surface area contributed by atoms with E-state index in [-0.39, 0.29) is 5.91 Å². The van der Waals surface area contributed by atoms with Crippen molar-refractivity contribution < 1.29 is 4.79 Å². The summed E-state index contributed by atoms with van der Waals surface area (Å²) >= 11 is 0. The summed E-state index contributed by atoms with van der Waals surface area (Å²) in [5, 5.41) is 11.2. The fraction of sp³-hybridized carbons (Fsp3) is 0.200. The quantitative estimate of drug-likeness (QED) is 0.734. The first-order chi connectivity index (χ1) is 6.27. The van der Waals surface area contributed by atoms with Crippen molar-refractivity contribution in [3.63, 3.8) is 0 Å². The molecule has 3 heteroatoms. The van der Waals surface area contributed by atoms with E-state index in [1.165, 1.54) is 0 Å². The Hall–Kier alpha value is -1.82. The normalized spacial score (nSPS) is 8.92. The van der Waals surface area contributed by atoms with E-state index in [2.05, 4.69) is 5.32 Å². The van der Waals surface area contributed by atoms with E-state index >= 15 is 0 Å². The number of nitrogens with zero attached hydrogens (tertiary/aromatic N) is 1. The molecule has 1 aromatic carbocycles. The summed E-state index contributed by atoms with van der Waals surface area (Å²) < 4.78 is 0. The lowest BCUT2D eigenvalue weighted by atomic mass is 10.1. The molecule has 0 bridgehead atoms. The van der Waals surface area contributed by atoms with Crippen LogP contribution in [0.1, 0.15) is 22.8 Å². The lowest BCUT2D eigenvalue weighted by Crippen LogP contribution is -2.22. The molecule has 1 amide bonds. The van der Waals surface area contributed by atoms with E-state index in [9.17, 15) is 4.79 Å². The highest BCUT2D eigenvalue weighted by atomic mass is 16.1. The lowest BCUT2D eigenvalue weighted by molar-refractivity contribution is 0.0956. The first-order valence-corrected chi connectivity index (χ1v) is 4.06. The summed E-state index contributed by atoms with van der Waals surface area (Å²) in [6.07, 6.45) is 0. The Morgan fingerprint density at radius 1 is 1.46 bits per heavy atom. The number of nitriles is 1. The fourth-order valence-corrected chi connectivity index (χ4v) is 0.959. The molecule has 0 aliphatic carbocycles. The maximum absolute atomic E-state index is 11.3. The summed E-state index contributed by atoms with van der Waals surface area (Å²) in [6.45, 7) is 2.47. The van der Waals surface area contributed by atoms with Crippen molar-refractivity contribution in [2.45, 2.75) is 6.92 Å². The number of amides is 1. The number of hydrogen-bond acceptors (Lipinski definition) is 2. The zero-order valence-corrected chi connectivity index (χ0v) is 7.37. The lowest BCUT2D eigenvalue weighted by Gasteiger charge is -2.00. The molecule has 0 atom stereocenters. The highest BCUT2D eigenvalue weighted by molar-refractivity contribution is 5.94. The number of carbonyl (C=O) groups excluding carboxylic acids is 1. The number of carbonyl (C=O) groups is 1. The molecule has 0 unspecified atom stereocenters. The average molecular weight is 174 g/mol. The van der Waals surface area contributed by atoms with Gasteiger partial charge in [0, 0.05) is 12.1 Å². The maximum Gasteiger partial charge on any atom is 0.251 e. The monoisotopic (exact) mass is 174 g/mol. The van der Waals surface area contributed by atoms with Crippen molar-refractivity contribution >= 4 is 5.91 Å². The molecular formula is C10H10N2O. The molecule has 0 heterocycles. The van der Waals surface area contributed by atoms with Crippen LogP contribution in [0.5, 0.6) is 0 Å². The molecule has 0 fully saturated rings. The van der Waals surface area contributed by atoms with Gasteiger partial charge in [-0.25, -0.2) is 0 Å². The largest absolute Gasteiger partial charge is 0.352 e. The van der Waals surface area contributed by atoms with Gasteiger partial charge in [0.05, 0.1) is 11.6 Å². The molecule has 1 aromatic rings. The van der Waals surface area contributed by atoms with Gasteiger partial charge < -0.3 is 5.32 Å². The number of rotatable bonds is 2. The minimum atomic E-state index is -0.105. The Balaban J connectivity index is 2.81. The van der Waals surface area contributed by atoms with Crippen LogP contribution in [0.4, 0.5) is 0 Å². The van der Waals surface area contributed by atoms with E-state index in [0.717, 1.165) is 0 Å². The maximum atomic E-state index is 11.3. The van der Waals surface area contributed by atoms with E-state index in [1.54, 1.807) is 24.3 Å². The van der Waals surface area contributed by atoms with Gasteiger partial charge in [0.15, 0.2) is 0 Å². The first kappa shape index (κ1) is 9.27. The SMILES string of the molecule is CCNC(=O)c1ccc(C#N)cc1. The van der Waals surface area contributed by atoms with Crippen molar-refractivity contribution in [2.24, 2.45) is 0 Å². The van der Waals surface area contributed by atoms with Crippen molar-refractivity contribution in [1.82, 2.24) is 5.32 Å². The second-order valence-corrected chi connectivity index (χ2v) is 2.55. The third-order valence-electron chi connectivity index (χ3n) is 1.61. The summed E-state index contributed by atoms with van der Waals surface area (Å²) in [7, 11) is 0. The summed E-state index contributed by atoms with van der Waals surface area (Å²) in [5.74, 6) is -0.105. The van der Waals surface area contributed by atoms with Crippen LogP contribution < -0.4 is 5.32 Å². The van der Waals surface area contributed by atoms with Gasteiger partial charge in [-0.3, -0.25) is 4.79 Å². The van der Waals surface area contributed by atoms with Gasteiger partial charge in [0.1, 0.15) is 0 Å². The molecule has 0 saturated heterocycles. The van der Waals surface area contributed by atoms with Crippen LogP contribution in [0.25, 0.3) is 0 Å². The van der Waals surface area contributed by atoms with Crippen LogP contribution in [-0.2, 0) is 0 Å². The van der Waals surface area contributed by atoms with Gasteiger partial charge >= 0.3 is 0 Å². The van der Waals surface area contributed by atoms with Crippen LogP contribution in [-0.4, -0.2) is 12.5 Å². The van der Waals surface area contributed by atoms with Gasteiger partial charge in [-0.2, -0.15) is 5.26 Å². The number of nitrogens with one attached hydrogen (secondary N) is 1. The molecule has 66 valence electrons. The zero-order valence-electron chi connectivity index (χ0n) is 7.37. The van der Waals surface area contributed by atoms with Crippen molar-refractivity contribution in [1.29, 1.82) is 5.26 Å². The summed E-state index contributed by atoms with van der Waals surface area (Å²) in [4.78, 5) is 11.3. The van der Waals surface area contributed by atoms with Crippen molar-refractivity contribution in [3.8, 4) is 6.07 Å². The highest BCUT2D eigenvalue weighted by Gasteiger charge is 2.02. The third kappa shape index (κ3) is 2.31. The predicted molar refractivity (Wildman–Crippen MR) is 49.2 cm³/mol. The average Bonchev–Trinajstić information content (AvgIpc) is 2.18. The van der Waals surface area contributed by atoms with Crippen molar-refractivity contribution in [3.05, 3.63) is 35.4 Å². The van der Waals surface area contributed by atoms with Crippen LogP contribution in [0, 0.1) is 11.3 Å². The van der Waals surface area contributed by atoms with E-state index in [0.29, 0.717) is 17.7 Å². The third-order valence-corrected chi connectivity index (χ3v) is 1.61. The number of benzene rings is 1. The van der Waals surface area contributed by atoms with Gasteiger partial charge in [0.2, 0.25) is 0 Å². The first-order valence-electron chi connectivity index (χ1n) is 4.06. The van der Waals surface area contributed by atoms with Gasteiger partial charge in [0.25, 0.3) is 5.91 Å². The molecule has 1 rings (SSSR count). The minimum Gasteiger partial charge on any atom is -0.352 e. The second kappa shape index (κ2) is 4.27. The smallest absolute Gasteiger partial charge is 0.251 e. The Bertz CT molecular complexity index is 335. The molecule has 1 N–H and O–H groups in total. The highest BCUT2D eigenvalue weighted by Crippen LogP contribution is 2.02. The van der Waals surface area contributed by atoms with E-state index in [4.69, 9.17) is 5.26 Å². The minimum absolute atomic E-state index is 0.105. The Kier molecular flexibility index (Phi) is 3.04. The molecule has 13 heavy (non-hydrogen) atoms. The summed E-state index contributed by atoms with van der Waals surface area (Å²) in [5.41, 5.74) is 1.15. The van der Waals surface area contributed by atoms with E-state index in [1.807, 2.05) is 13.0 Å². The van der Waals surface area contributed by atoms with Crippen LogP contribution in [0.2, 0.25) is 0 Å². The molecular weight excluding hydrogens is 164 g/mol. The number of hydrogen-bond donors (Lipinski definition) is 1. The molecule has 0 saturated carbocycles. The molecule has 0 aliphatic rings. The zero-order chi connectivity index (χ0) is 9.68. The standard InChI is InChI=1S/C10H10N2O/c1-2-12-10(13)9-5-3-8(7-11)4-6-9/h3-6H,2H2,1H3,(H,12,13). The Morgan fingerprint density at radius 3 is 2.54 bits per heavy atom. The fourth-order valence-electron chi connectivity index (χ4n) is 0.959. The summed E-state index contributed by atoms with van der Waals surface area (Å²) in [6, 6.07) is 8.54. The predicted octanol–water partition coefficient (Wildman–Crippen LogP) is 1.31. The molecule has 0 aliphatic heterocycles. The molecule has 0 spiro atoms. The van der Waals surface area contributed by atoms with Crippen LogP contribution >= 0.6 is 0 Å². The second-order valence-electron chi connectivity index (χ2n) is 2.55. The Morgan fingerprint density at radius 2 is 2.08 bits per heavy atom. The molecule has 3 nitrogen and oxygen atoms in total. The topological polar surface area (TPSA) is 52.9 Å². The van der Waals surface area contributed by atoms with Crippen LogP contribution in [0.15, 0.2) is 24.3 Å².